The minimum Gasteiger partial charge on any atom is -0.493 e. The monoisotopic (exact) mass is 398 g/mol. The molecule has 7 nitrogen and oxygen atoms in total. The van der Waals surface area contributed by atoms with Gasteiger partial charge in [0.2, 0.25) is 0 Å². The lowest BCUT2D eigenvalue weighted by atomic mass is 10.1. The molecule has 2 aromatic carbocycles. The summed E-state index contributed by atoms with van der Waals surface area (Å²) in [5, 5.41) is 2.86. The van der Waals surface area contributed by atoms with Gasteiger partial charge in [-0.2, -0.15) is 0 Å². The molecule has 1 unspecified atom stereocenters. The number of hydrogen-bond donors (Lipinski definition) is 1. The van der Waals surface area contributed by atoms with E-state index in [9.17, 15) is 9.59 Å². The minimum atomic E-state index is -0.289. The Balaban J connectivity index is 1.61. The summed E-state index contributed by atoms with van der Waals surface area (Å²) in [7, 11) is 3.06. The smallest absolute Gasteiger partial charge is 0.253 e. The topological polar surface area (TPSA) is 77.1 Å². The van der Waals surface area contributed by atoms with Gasteiger partial charge >= 0.3 is 0 Å². The third kappa shape index (κ3) is 4.86. The molecule has 0 radical (unpaired) electrons. The highest BCUT2D eigenvalue weighted by atomic mass is 16.5. The number of carbonyl (C=O) groups is 2. The first kappa shape index (κ1) is 20.7. The summed E-state index contributed by atoms with van der Waals surface area (Å²) in [5.74, 6) is 0.714. The summed E-state index contributed by atoms with van der Waals surface area (Å²) in [5.41, 5.74) is 2.52. The van der Waals surface area contributed by atoms with Crippen LogP contribution < -0.4 is 19.7 Å². The number of benzene rings is 2. The van der Waals surface area contributed by atoms with Crippen LogP contribution in [-0.4, -0.2) is 51.8 Å². The molecule has 2 amide bonds. The molecule has 0 spiro atoms. The fraction of sp³-hybridized carbons (Fsp3) is 0.364. The second kappa shape index (κ2) is 9.43. The van der Waals surface area contributed by atoms with Crippen LogP contribution in [0.2, 0.25) is 0 Å². The number of nitrogens with one attached hydrogen (secondary N) is 1. The molecule has 1 atom stereocenters. The van der Waals surface area contributed by atoms with Crippen molar-refractivity contribution in [1.29, 1.82) is 0 Å². The minimum absolute atomic E-state index is 0.00751. The molecule has 7 heteroatoms. The van der Waals surface area contributed by atoms with Gasteiger partial charge in [0, 0.05) is 17.8 Å². The van der Waals surface area contributed by atoms with E-state index in [0.29, 0.717) is 30.2 Å². The first-order valence-corrected chi connectivity index (χ1v) is 9.56. The van der Waals surface area contributed by atoms with Crippen LogP contribution in [0, 0.1) is 0 Å². The van der Waals surface area contributed by atoms with Crippen LogP contribution in [0.15, 0.2) is 42.5 Å². The van der Waals surface area contributed by atoms with Crippen molar-refractivity contribution in [2.24, 2.45) is 0 Å². The molecule has 3 rings (SSSR count). The Morgan fingerprint density at radius 3 is 2.52 bits per heavy atom. The first-order valence-electron chi connectivity index (χ1n) is 9.56. The maximum atomic E-state index is 12.5. The lowest BCUT2D eigenvalue weighted by molar-refractivity contribution is -0.129. The zero-order valence-electron chi connectivity index (χ0n) is 16.9. The SMILES string of the molecule is CCc1ccc(N2CC(CNC(=O)c3ccc(OC)c(OC)c3)OCC2=O)cc1. The van der Waals surface area contributed by atoms with E-state index in [4.69, 9.17) is 14.2 Å². The maximum Gasteiger partial charge on any atom is 0.253 e. The van der Waals surface area contributed by atoms with E-state index in [1.54, 1.807) is 30.2 Å². The van der Waals surface area contributed by atoms with Gasteiger partial charge < -0.3 is 24.4 Å². The molecule has 0 aromatic heterocycles. The van der Waals surface area contributed by atoms with Gasteiger partial charge in [-0.15, -0.1) is 0 Å². The molecule has 1 N–H and O–H groups in total. The molecule has 0 aliphatic carbocycles. The van der Waals surface area contributed by atoms with Crippen LogP contribution in [0.4, 0.5) is 5.69 Å². The van der Waals surface area contributed by atoms with Gasteiger partial charge in [0.05, 0.1) is 26.9 Å². The summed E-state index contributed by atoms with van der Waals surface area (Å²) >= 11 is 0. The van der Waals surface area contributed by atoms with E-state index in [2.05, 4.69) is 12.2 Å². The molecule has 2 aromatic rings. The normalized spacial score (nSPS) is 16.4. The van der Waals surface area contributed by atoms with Crippen LogP contribution in [0.5, 0.6) is 11.5 Å². The predicted octanol–water partition coefficient (Wildman–Crippen LogP) is 2.43. The van der Waals surface area contributed by atoms with Crippen LogP contribution >= 0.6 is 0 Å². The number of amides is 2. The summed E-state index contributed by atoms with van der Waals surface area (Å²) in [6.07, 6.45) is 0.657. The molecule has 0 saturated carbocycles. The molecular weight excluding hydrogens is 372 g/mol. The van der Waals surface area contributed by atoms with Crippen LogP contribution in [0.3, 0.4) is 0 Å². The molecule has 1 aliphatic rings. The molecule has 0 bridgehead atoms. The molecule has 154 valence electrons. The Morgan fingerprint density at radius 1 is 1.14 bits per heavy atom. The second-order valence-electron chi connectivity index (χ2n) is 6.74. The Kier molecular flexibility index (Phi) is 6.72. The van der Waals surface area contributed by atoms with Gasteiger partial charge in [-0.1, -0.05) is 19.1 Å². The average Bonchev–Trinajstić information content (AvgIpc) is 2.77. The number of carbonyl (C=O) groups excluding carboxylic acids is 2. The van der Waals surface area contributed by atoms with Crippen LogP contribution in [0.1, 0.15) is 22.8 Å². The number of aryl methyl sites for hydroxylation is 1. The van der Waals surface area contributed by atoms with Crippen molar-refractivity contribution in [3.8, 4) is 11.5 Å². The number of anilines is 1. The Morgan fingerprint density at radius 2 is 1.86 bits per heavy atom. The van der Waals surface area contributed by atoms with E-state index in [1.807, 2.05) is 24.3 Å². The number of hydrogen-bond acceptors (Lipinski definition) is 5. The van der Waals surface area contributed by atoms with Crippen molar-refractivity contribution in [3.05, 3.63) is 53.6 Å². The second-order valence-corrected chi connectivity index (χ2v) is 6.74. The van der Waals surface area contributed by atoms with Gasteiger partial charge in [0.25, 0.3) is 11.8 Å². The molecule has 1 heterocycles. The highest BCUT2D eigenvalue weighted by Gasteiger charge is 2.27. The molecule has 1 aliphatic heterocycles. The summed E-state index contributed by atoms with van der Waals surface area (Å²) in [4.78, 5) is 26.5. The molecular formula is C22H26N2O5. The quantitative estimate of drug-likeness (QED) is 0.775. The van der Waals surface area contributed by atoms with Gasteiger partial charge in [-0.3, -0.25) is 9.59 Å². The van der Waals surface area contributed by atoms with Gasteiger partial charge in [0.1, 0.15) is 6.61 Å². The number of rotatable bonds is 7. The standard InChI is InChI=1S/C22H26N2O5/c1-4-15-5-8-17(9-6-15)24-13-18(29-14-21(24)25)12-23-22(26)16-7-10-19(27-2)20(11-16)28-3/h5-11,18H,4,12-14H2,1-3H3,(H,23,26). The van der Waals surface area contributed by atoms with Crippen molar-refractivity contribution >= 4 is 17.5 Å². The molecule has 1 saturated heterocycles. The van der Waals surface area contributed by atoms with Crippen molar-refractivity contribution in [2.45, 2.75) is 19.4 Å². The van der Waals surface area contributed by atoms with Gasteiger partial charge in [0.15, 0.2) is 11.5 Å². The Hall–Kier alpha value is -3.06. The molecule has 29 heavy (non-hydrogen) atoms. The van der Waals surface area contributed by atoms with Crippen LogP contribution in [-0.2, 0) is 16.0 Å². The number of ether oxygens (including phenoxy) is 3. The highest BCUT2D eigenvalue weighted by molar-refractivity contribution is 5.96. The van der Waals surface area contributed by atoms with E-state index >= 15 is 0 Å². The van der Waals surface area contributed by atoms with E-state index in [0.717, 1.165) is 12.1 Å². The lowest BCUT2D eigenvalue weighted by Gasteiger charge is -2.33. The maximum absolute atomic E-state index is 12.5. The largest absolute Gasteiger partial charge is 0.493 e. The average molecular weight is 398 g/mol. The van der Waals surface area contributed by atoms with Crippen molar-refractivity contribution in [3.63, 3.8) is 0 Å². The first-order chi connectivity index (χ1) is 14.0. The Bertz CT molecular complexity index is 866. The van der Waals surface area contributed by atoms with Crippen molar-refractivity contribution in [1.82, 2.24) is 5.32 Å². The third-order valence-electron chi connectivity index (χ3n) is 4.92. The van der Waals surface area contributed by atoms with E-state index in [1.165, 1.54) is 12.7 Å². The number of nitrogens with zero attached hydrogens (tertiary/aromatic N) is 1. The zero-order valence-corrected chi connectivity index (χ0v) is 16.9. The summed E-state index contributed by atoms with van der Waals surface area (Å²) in [6.45, 7) is 2.76. The number of methoxy groups -OCH3 is 2. The zero-order chi connectivity index (χ0) is 20.8. The predicted molar refractivity (Wildman–Crippen MR) is 110 cm³/mol. The van der Waals surface area contributed by atoms with Gasteiger partial charge in [-0.25, -0.2) is 0 Å². The van der Waals surface area contributed by atoms with E-state index in [-0.39, 0.29) is 24.5 Å². The summed E-state index contributed by atoms with van der Waals surface area (Å²) < 4.78 is 16.0. The molecule has 1 fully saturated rings. The van der Waals surface area contributed by atoms with Crippen LogP contribution in [0.25, 0.3) is 0 Å². The van der Waals surface area contributed by atoms with Crippen molar-refractivity contribution < 1.29 is 23.8 Å². The fourth-order valence-electron chi connectivity index (χ4n) is 3.20. The number of morpholine rings is 1. The lowest BCUT2D eigenvalue weighted by Crippen LogP contribution is -2.50. The fourth-order valence-corrected chi connectivity index (χ4v) is 3.20. The Labute approximate surface area is 170 Å². The highest BCUT2D eigenvalue weighted by Crippen LogP contribution is 2.27. The van der Waals surface area contributed by atoms with Crippen molar-refractivity contribution in [2.75, 3.05) is 38.8 Å². The van der Waals surface area contributed by atoms with E-state index < -0.39 is 0 Å². The van der Waals surface area contributed by atoms with Gasteiger partial charge in [-0.05, 0) is 42.3 Å². The summed E-state index contributed by atoms with van der Waals surface area (Å²) in [6, 6.07) is 12.9. The third-order valence-corrected chi connectivity index (χ3v) is 4.92.